The Morgan fingerprint density at radius 2 is 2.03 bits per heavy atom. The Kier molecular flexibility index (Phi) is 6.06. The molecule has 1 unspecified atom stereocenters. The van der Waals surface area contributed by atoms with E-state index in [4.69, 9.17) is 14.5 Å². The number of carbonyl (C=O) groups excluding carboxylic acids is 1. The van der Waals surface area contributed by atoms with E-state index in [9.17, 15) is 4.79 Å². The van der Waals surface area contributed by atoms with Crippen LogP contribution in [0.25, 0.3) is 21.0 Å². The number of fused-ring (bicyclic) bond motifs is 2. The van der Waals surface area contributed by atoms with Crippen molar-refractivity contribution in [2.75, 3.05) is 24.7 Å². The Hall–Kier alpha value is -2.96. The molecule has 6 heteroatoms. The van der Waals surface area contributed by atoms with Gasteiger partial charge >= 0.3 is 0 Å². The number of carbonyl (C=O) groups is 1. The zero-order valence-electron chi connectivity index (χ0n) is 18.1. The molecule has 5 nitrogen and oxygen atoms in total. The van der Waals surface area contributed by atoms with Gasteiger partial charge in [-0.15, -0.1) is 0 Å². The van der Waals surface area contributed by atoms with E-state index < -0.39 is 0 Å². The molecule has 2 heterocycles. The Labute approximate surface area is 191 Å². The molecule has 0 radical (unpaired) electrons. The summed E-state index contributed by atoms with van der Waals surface area (Å²) in [5.41, 5.74) is 1.81. The predicted molar refractivity (Wildman–Crippen MR) is 130 cm³/mol. The molecule has 1 amide bonds. The normalized spacial score (nSPS) is 16.0. The van der Waals surface area contributed by atoms with Crippen molar-refractivity contribution in [3.05, 3.63) is 66.2 Å². The molecular weight excluding hydrogens is 420 g/mol. The highest BCUT2D eigenvalue weighted by Gasteiger charge is 2.26. The highest BCUT2D eigenvalue weighted by molar-refractivity contribution is 7.22. The first-order valence-electron chi connectivity index (χ1n) is 11.1. The third-order valence-electron chi connectivity index (χ3n) is 5.78. The van der Waals surface area contributed by atoms with E-state index >= 15 is 0 Å². The minimum atomic E-state index is 0.0350. The van der Waals surface area contributed by atoms with Crippen LogP contribution in [0.5, 0.6) is 5.75 Å². The quantitative estimate of drug-likeness (QED) is 0.371. The van der Waals surface area contributed by atoms with Crippen molar-refractivity contribution in [3.8, 4) is 5.75 Å². The first-order valence-corrected chi connectivity index (χ1v) is 11.9. The fourth-order valence-corrected chi connectivity index (χ4v) is 5.21. The molecule has 3 aromatic carbocycles. The maximum atomic E-state index is 13.5. The summed E-state index contributed by atoms with van der Waals surface area (Å²) >= 11 is 1.53. The van der Waals surface area contributed by atoms with Gasteiger partial charge in [0.15, 0.2) is 5.13 Å². The summed E-state index contributed by atoms with van der Waals surface area (Å²) in [6.45, 7) is 3.82. The number of rotatable bonds is 7. The maximum absolute atomic E-state index is 13.5. The molecule has 1 aliphatic rings. The minimum Gasteiger partial charge on any atom is -0.492 e. The first kappa shape index (κ1) is 20.9. The first-order chi connectivity index (χ1) is 15.7. The zero-order valence-corrected chi connectivity index (χ0v) is 18.9. The van der Waals surface area contributed by atoms with Gasteiger partial charge in [-0.2, -0.15) is 0 Å². The number of hydrogen-bond donors (Lipinski definition) is 0. The molecule has 1 atom stereocenters. The van der Waals surface area contributed by atoms with Crippen LogP contribution in [0.3, 0.4) is 0 Å². The van der Waals surface area contributed by atoms with Crippen LogP contribution in [0.2, 0.25) is 0 Å². The van der Waals surface area contributed by atoms with Crippen molar-refractivity contribution in [2.45, 2.75) is 32.3 Å². The standard InChI is InChI=1S/C26H26N2O3S/c1-2-30-22-10-5-11-23-25(22)27-26(32-23)28(17-21-9-6-14-31-21)24(29)16-18-12-13-19-7-3-4-8-20(19)15-18/h3-5,7-8,10-13,15,21H,2,6,9,14,16-17H2,1H3. The molecule has 0 spiro atoms. The molecule has 32 heavy (non-hydrogen) atoms. The molecule has 1 aromatic heterocycles. The van der Waals surface area contributed by atoms with Gasteiger partial charge in [-0.05, 0) is 48.2 Å². The third-order valence-corrected chi connectivity index (χ3v) is 6.83. The second-order valence-corrected chi connectivity index (χ2v) is 9.04. The summed E-state index contributed by atoms with van der Waals surface area (Å²) in [5, 5.41) is 3.02. The summed E-state index contributed by atoms with van der Waals surface area (Å²) in [6.07, 6.45) is 2.38. The average molecular weight is 447 g/mol. The van der Waals surface area contributed by atoms with Crippen LogP contribution >= 0.6 is 11.3 Å². The largest absolute Gasteiger partial charge is 0.492 e. The number of anilines is 1. The lowest BCUT2D eigenvalue weighted by Gasteiger charge is -2.23. The van der Waals surface area contributed by atoms with Gasteiger partial charge in [0.05, 0.1) is 30.4 Å². The third kappa shape index (κ3) is 4.33. The van der Waals surface area contributed by atoms with Gasteiger partial charge in [0.25, 0.3) is 0 Å². The average Bonchev–Trinajstić information content (AvgIpc) is 3.48. The molecule has 164 valence electrons. The van der Waals surface area contributed by atoms with E-state index in [0.717, 1.165) is 46.4 Å². The summed E-state index contributed by atoms with van der Waals surface area (Å²) in [4.78, 5) is 20.2. The van der Waals surface area contributed by atoms with Crippen molar-refractivity contribution < 1.29 is 14.3 Å². The Morgan fingerprint density at radius 1 is 1.16 bits per heavy atom. The summed E-state index contributed by atoms with van der Waals surface area (Å²) in [5.74, 6) is 0.791. The smallest absolute Gasteiger partial charge is 0.233 e. The van der Waals surface area contributed by atoms with Crippen LogP contribution in [0.4, 0.5) is 5.13 Å². The van der Waals surface area contributed by atoms with Crippen molar-refractivity contribution in [2.24, 2.45) is 0 Å². The maximum Gasteiger partial charge on any atom is 0.233 e. The number of para-hydroxylation sites is 1. The van der Waals surface area contributed by atoms with Crippen molar-refractivity contribution in [3.63, 3.8) is 0 Å². The molecule has 0 N–H and O–H groups in total. The SMILES string of the molecule is CCOc1cccc2sc(N(CC3CCCO3)C(=O)Cc3ccc4ccccc4c3)nc12. The molecule has 1 saturated heterocycles. The number of aromatic nitrogens is 1. The molecule has 1 aliphatic heterocycles. The van der Waals surface area contributed by atoms with Crippen LogP contribution < -0.4 is 9.64 Å². The topological polar surface area (TPSA) is 51.7 Å². The number of thiazole rings is 1. The Balaban J connectivity index is 1.46. The van der Waals surface area contributed by atoms with E-state index in [1.54, 1.807) is 0 Å². The van der Waals surface area contributed by atoms with Crippen LogP contribution in [-0.4, -0.2) is 36.8 Å². The van der Waals surface area contributed by atoms with Crippen molar-refractivity contribution in [1.82, 2.24) is 4.98 Å². The summed E-state index contributed by atoms with van der Waals surface area (Å²) < 4.78 is 12.6. The van der Waals surface area contributed by atoms with Crippen LogP contribution in [0.15, 0.2) is 60.7 Å². The Bertz CT molecular complexity index is 1250. The zero-order chi connectivity index (χ0) is 21.9. The Morgan fingerprint density at radius 3 is 2.84 bits per heavy atom. The monoisotopic (exact) mass is 446 g/mol. The second-order valence-electron chi connectivity index (χ2n) is 8.03. The van der Waals surface area contributed by atoms with Gasteiger partial charge in [-0.3, -0.25) is 9.69 Å². The lowest BCUT2D eigenvalue weighted by Crippen LogP contribution is -2.38. The van der Waals surface area contributed by atoms with E-state index in [0.29, 0.717) is 24.7 Å². The van der Waals surface area contributed by atoms with Crippen molar-refractivity contribution in [1.29, 1.82) is 0 Å². The number of ether oxygens (including phenoxy) is 2. The molecular formula is C26H26N2O3S. The number of amides is 1. The highest BCUT2D eigenvalue weighted by Crippen LogP contribution is 2.35. The highest BCUT2D eigenvalue weighted by atomic mass is 32.1. The number of nitrogens with zero attached hydrogens (tertiary/aromatic N) is 2. The summed E-state index contributed by atoms with van der Waals surface area (Å²) in [6, 6.07) is 20.4. The predicted octanol–water partition coefficient (Wildman–Crippen LogP) is 5.60. The van der Waals surface area contributed by atoms with Gasteiger partial charge in [-0.25, -0.2) is 4.98 Å². The van der Waals surface area contributed by atoms with Gasteiger partial charge in [0, 0.05) is 6.61 Å². The van der Waals surface area contributed by atoms with Gasteiger partial charge in [0.2, 0.25) is 5.91 Å². The van der Waals surface area contributed by atoms with E-state index in [1.165, 1.54) is 16.7 Å². The van der Waals surface area contributed by atoms with Crippen molar-refractivity contribution >= 4 is 43.4 Å². The minimum absolute atomic E-state index is 0.0350. The summed E-state index contributed by atoms with van der Waals surface area (Å²) in [7, 11) is 0. The lowest BCUT2D eigenvalue weighted by atomic mass is 10.0. The van der Waals surface area contributed by atoms with E-state index in [1.807, 2.05) is 48.2 Å². The molecule has 5 rings (SSSR count). The van der Waals surface area contributed by atoms with E-state index in [2.05, 4.69) is 24.3 Å². The van der Waals surface area contributed by atoms with Crippen LogP contribution in [0, 0.1) is 0 Å². The lowest BCUT2D eigenvalue weighted by molar-refractivity contribution is -0.118. The van der Waals surface area contributed by atoms with E-state index in [-0.39, 0.29) is 12.0 Å². The molecule has 1 fully saturated rings. The van der Waals surface area contributed by atoms with Gasteiger partial charge in [0.1, 0.15) is 11.3 Å². The number of benzene rings is 3. The van der Waals surface area contributed by atoms with Gasteiger partial charge in [-0.1, -0.05) is 59.9 Å². The fourth-order valence-electron chi connectivity index (χ4n) is 4.20. The molecule has 4 aromatic rings. The van der Waals surface area contributed by atoms with Gasteiger partial charge < -0.3 is 9.47 Å². The van der Waals surface area contributed by atoms with Crippen LogP contribution in [-0.2, 0) is 16.0 Å². The number of hydrogen-bond acceptors (Lipinski definition) is 5. The molecule has 0 saturated carbocycles. The molecule has 0 aliphatic carbocycles. The molecule has 0 bridgehead atoms. The fraction of sp³-hybridized carbons (Fsp3) is 0.308. The second kappa shape index (κ2) is 9.27. The van der Waals surface area contributed by atoms with Crippen LogP contribution in [0.1, 0.15) is 25.3 Å².